The van der Waals surface area contributed by atoms with E-state index in [0.717, 1.165) is 38.2 Å². The molecule has 0 spiro atoms. The quantitative estimate of drug-likeness (QED) is 0.374. The second-order valence-corrected chi connectivity index (χ2v) is 9.54. The lowest BCUT2D eigenvalue weighted by atomic mass is 9.74. The Bertz CT molecular complexity index is 1170. The fourth-order valence-corrected chi connectivity index (χ4v) is 4.97. The molecule has 9 heteroatoms. The van der Waals surface area contributed by atoms with Crippen LogP contribution in [0, 0.1) is 22.9 Å². The lowest BCUT2D eigenvalue weighted by Crippen LogP contribution is -2.43. The van der Waals surface area contributed by atoms with Crippen molar-refractivity contribution in [3.8, 4) is 5.75 Å². The van der Waals surface area contributed by atoms with Crippen molar-refractivity contribution in [1.29, 1.82) is 0 Å². The summed E-state index contributed by atoms with van der Waals surface area (Å²) in [5.41, 5.74) is 0.820. The lowest BCUT2D eigenvalue weighted by Gasteiger charge is -2.41. The molecule has 6 nitrogen and oxygen atoms in total. The molecule has 0 unspecified atom stereocenters. The van der Waals surface area contributed by atoms with Crippen molar-refractivity contribution >= 4 is 16.6 Å². The van der Waals surface area contributed by atoms with Crippen LogP contribution in [0.3, 0.4) is 0 Å². The first-order chi connectivity index (χ1) is 17.3. The number of pyridine rings is 1. The maximum Gasteiger partial charge on any atom is 0.147 e. The zero-order valence-electron chi connectivity index (χ0n) is 20.3. The summed E-state index contributed by atoms with van der Waals surface area (Å²) in [6, 6.07) is 8.50. The number of aromatic nitrogens is 1. The molecule has 1 atom stereocenters. The van der Waals surface area contributed by atoms with Crippen molar-refractivity contribution in [1.82, 2.24) is 9.88 Å². The second-order valence-electron chi connectivity index (χ2n) is 9.54. The summed E-state index contributed by atoms with van der Waals surface area (Å²) >= 11 is 0. The van der Waals surface area contributed by atoms with Crippen LogP contribution < -0.4 is 10.1 Å². The maximum absolute atomic E-state index is 14.7. The smallest absolute Gasteiger partial charge is 0.147 e. The highest BCUT2D eigenvalue weighted by molar-refractivity contribution is 5.84. The van der Waals surface area contributed by atoms with Crippen molar-refractivity contribution < 1.29 is 28.1 Å². The number of benzene rings is 2. The number of nitrogens with zero attached hydrogens (tertiary/aromatic N) is 2. The second kappa shape index (κ2) is 11.5. The monoisotopic (exact) mass is 503 g/mol. The van der Waals surface area contributed by atoms with Gasteiger partial charge in [0.05, 0.1) is 24.9 Å². The van der Waals surface area contributed by atoms with Crippen LogP contribution in [0.2, 0.25) is 0 Å². The van der Waals surface area contributed by atoms with E-state index < -0.39 is 23.6 Å². The molecular weight excluding hydrogens is 471 g/mol. The molecule has 0 bridgehead atoms. The average Bonchev–Trinajstić information content (AvgIpc) is 2.87. The van der Waals surface area contributed by atoms with Gasteiger partial charge in [-0.3, -0.25) is 4.98 Å². The van der Waals surface area contributed by atoms with Gasteiger partial charge >= 0.3 is 0 Å². The number of anilines is 1. The van der Waals surface area contributed by atoms with Crippen molar-refractivity contribution in [3.05, 3.63) is 65.6 Å². The fourth-order valence-electron chi connectivity index (χ4n) is 4.97. The molecule has 1 aliphatic heterocycles. The maximum atomic E-state index is 14.7. The minimum absolute atomic E-state index is 0.0121. The third-order valence-electron chi connectivity index (χ3n) is 7.22. The van der Waals surface area contributed by atoms with Crippen LogP contribution in [0.1, 0.15) is 37.4 Å². The van der Waals surface area contributed by atoms with Gasteiger partial charge in [-0.1, -0.05) is 0 Å². The van der Waals surface area contributed by atoms with Gasteiger partial charge in [0.1, 0.15) is 23.2 Å². The predicted molar refractivity (Wildman–Crippen MR) is 132 cm³/mol. The number of hydrogen-bond donors (Lipinski definition) is 3. The Balaban J connectivity index is 1.33. The van der Waals surface area contributed by atoms with Gasteiger partial charge < -0.3 is 25.2 Å². The molecule has 0 amide bonds. The molecule has 3 aromatic rings. The number of rotatable bonds is 10. The molecule has 194 valence electrons. The topological polar surface area (TPSA) is 77.8 Å². The Kier molecular flexibility index (Phi) is 8.33. The molecule has 1 saturated heterocycles. The highest BCUT2D eigenvalue weighted by Crippen LogP contribution is 2.39. The number of aliphatic hydroxyl groups is 2. The van der Waals surface area contributed by atoms with Gasteiger partial charge in [0.25, 0.3) is 0 Å². The van der Waals surface area contributed by atoms with Crippen LogP contribution in [0.5, 0.6) is 5.75 Å². The summed E-state index contributed by atoms with van der Waals surface area (Å²) in [7, 11) is 1.53. The van der Waals surface area contributed by atoms with Gasteiger partial charge in [-0.25, -0.2) is 13.2 Å². The molecule has 2 aromatic carbocycles. The van der Waals surface area contributed by atoms with Crippen molar-refractivity contribution in [3.63, 3.8) is 0 Å². The van der Waals surface area contributed by atoms with Crippen LogP contribution in [0.15, 0.2) is 42.6 Å². The summed E-state index contributed by atoms with van der Waals surface area (Å²) in [5.74, 6) is -1.25. The van der Waals surface area contributed by atoms with Crippen molar-refractivity contribution in [2.24, 2.45) is 5.41 Å². The third-order valence-corrected chi connectivity index (χ3v) is 7.22. The molecule has 2 heterocycles. The van der Waals surface area contributed by atoms with Crippen LogP contribution in [0.4, 0.5) is 18.9 Å². The van der Waals surface area contributed by atoms with Crippen LogP contribution >= 0.6 is 0 Å². The average molecular weight is 504 g/mol. The molecule has 36 heavy (non-hydrogen) atoms. The number of fused-ring (bicyclic) bond motifs is 1. The number of ether oxygens (including phenoxy) is 1. The normalized spacial score (nSPS) is 16.7. The Morgan fingerprint density at radius 1 is 1.11 bits per heavy atom. The highest BCUT2D eigenvalue weighted by Gasteiger charge is 2.34. The van der Waals surface area contributed by atoms with E-state index >= 15 is 0 Å². The fraction of sp³-hybridized carbons (Fsp3) is 0.444. The highest BCUT2D eigenvalue weighted by atomic mass is 19.1. The Morgan fingerprint density at radius 2 is 1.83 bits per heavy atom. The molecule has 1 aromatic heterocycles. The largest absolute Gasteiger partial charge is 0.497 e. The molecule has 1 aliphatic rings. The van der Waals surface area contributed by atoms with Crippen LogP contribution in [-0.4, -0.2) is 60.0 Å². The zero-order chi connectivity index (χ0) is 25.7. The number of likely N-dealkylation sites (tertiary alicyclic amines) is 1. The number of halogens is 3. The minimum atomic E-state index is -1.04. The Morgan fingerprint density at radius 3 is 2.50 bits per heavy atom. The van der Waals surface area contributed by atoms with Crippen LogP contribution in [0.25, 0.3) is 10.9 Å². The standard InChI is InChI=1S/C27H32F3N3O3/c1-36-21-2-3-24-22(15-21)26(23(30)16-32-24)25(35)4-5-27(17-34)6-9-33(10-7-27)11-8-31-20-13-18(28)12-19(29)14-20/h2-3,12-16,25,31,34-35H,4-11,17H2,1H3/t25-/m0/s1. The first kappa shape index (κ1) is 26.2. The molecule has 1 fully saturated rings. The van der Waals surface area contributed by atoms with E-state index in [1.54, 1.807) is 18.2 Å². The van der Waals surface area contributed by atoms with Crippen molar-refractivity contribution in [2.45, 2.75) is 31.8 Å². The molecule has 0 radical (unpaired) electrons. The van der Waals surface area contributed by atoms with Crippen molar-refractivity contribution in [2.75, 3.05) is 45.2 Å². The molecular formula is C27H32F3N3O3. The summed E-state index contributed by atoms with van der Waals surface area (Å²) in [5, 5.41) is 24.7. The number of hydrogen-bond acceptors (Lipinski definition) is 6. The molecule has 3 N–H and O–H groups in total. The van der Waals surface area contributed by atoms with Gasteiger partial charge in [-0.2, -0.15) is 0 Å². The minimum Gasteiger partial charge on any atom is -0.497 e. The van der Waals surface area contributed by atoms with Gasteiger partial charge in [-0.05, 0) is 74.5 Å². The van der Waals surface area contributed by atoms with E-state index in [1.165, 1.54) is 19.2 Å². The molecule has 0 aliphatic carbocycles. The first-order valence-corrected chi connectivity index (χ1v) is 12.2. The van der Waals surface area contributed by atoms with E-state index in [-0.39, 0.29) is 17.6 Å². The van der Waals surface area contributed by atoms with Gasteiger partial charge in [-0.15, -0.1) is 0 Å². The zero-order valence-corrected chi connectivity index (χ0v) is 20.3. The van der Waals surface area contributed by atoms with Gasteiger partial charge in [0.15, 0.2) is 0 Å². The summed E-state index contributed by atoms with van der Waals surface area (Å²) in [4.78, 5) is 6.34. The predicted octanol–water partition coefficient (Wildman–Crippen LogP) is 4.66. The van der Waals surface area contributed by atoms with E-state index in [0.29, 0.717) is 48.3 Å². The summed E-state index contributed by atoms with van der Waals surface area (Å²) in [6.45, 7) is 2.71. The molecule has 0 saturated carbocycles. The van der Waals surface area contributed by atoms with E-state index in [9.17, 15) is 23.4 Å². The van der Waals surface area contributed by atoms with E-state index in [4.69, 9.17) is 4.74 Å². The van der Waals surface area contributed by atoms with Crippen LogP contribution in [-0.2, 0) is 0 Å². The number of aliphatic hydroxyl groups excluding tert-OH is 2. The summed E-state index contributed by atoms with van der Waals surface area (Å²) in [6.07, 6.45) is 2.41. The first-order valence-electron chi connectivity index (χ1n) is 12.2. The van der Waals surface area contributed by atoms with E-state index in [1.807, 2.05) is 0 Å². The third kappa shape index (κ3) is 6.08. The van der Waals surface area contributed by atoms with E-state index in [2.05, 4.69) is 15.2 Å². The SMILES string of the molecule is COc1ccc2ncc(F)c([C@@H](O)CCC3(CO)CCN(CCNc4cc(F)cc(F)c4)CC3)c2c1. The number of methoxy groups -OCH3 is 1. The lowest BCUT2D eigenvalue weighted by molar-refractivity contribution is 0.0244. The summed E-state index contributed by atoms with van der Waals surface area (Å²) < 4.78 is 46.7. The number of nitrogens with one attached hydrogen (secondary N) is 1. The Hall–Kier alpha value is -2.88. The van der Waals surface area contributed by atoms with Gasteiger partial charge in [0.2, 0.25) is 0 Å². The molecule has 4 rings (SSSR count). The number of piperidine rings is 1. The van der Waals surface area contributed by atoms with Gasteiger partial charge in [0, 0.05) is 42.4 Å². The Labute approximate surface area is 208 Å².